The molecule has 2 heterocycles. The number of fused-ring (bicyclic) bond motifs is 1. The van der Waals surface area contributed by atoms with E-state index >= 15 is 0 Å². The van der Waals surface area contributed by atoms with Crippen molar-refractivity contribution in [2.45, 2.75) is 32.6 Å². The van der Waals surface area contributed by atoms with Crippen LogP contribution in [0.25, 0.3) is 10.9 Å². The fourth-order valence-corrected chi connectivity index (χ4v) is 3.93. The van der Waals surface area contributed by atoms with Crippen LogP contribution in [0.4, 0.5) is 0 Å². The van der Waals surface area contributed by atoms with Crippen LogP contribution in [-0.4, -0.2) is 10.8 Å². The first-order valence-corrected chi connectivity index (χ1v) is 8.31. The van der Waals surface area contributed by atoms with Gasteiger partial charge >= 0.3 is 0 Å². The highest BCUT2D eigenvalue weighted by molar-refractivity contribution is 6.01. The molecule has 0 bridgehead atoms. The fraction of sp³-hybridized carbons (Fsp3) is 0.300. The number of hydrogen-bond acceptors (Lipinski definition) is 4. The Morgan fingerprint density at radius 2 is 2.08 bits per heavy atom. The summed E-state index contributed by atoms with van der Waals surface area (Å²) in [5, 5.41) is 10.7. The van der Waals surface area contributed by atoms with Crippen LogP contribution >= 0.6 is 0 Å². The van der Waals surface area contributed by atoms with Gasteiger partial charge in [0.05, 0.1) is 5.92 Å². The molecule has 2 aromatic rings. The molecule has 0 amide bonds. The molecule has 2 aliphatic rings. The summed E-state index contributed by atoms with van der Waals surface area (Å²) in [4.78, 5) is 16.2. The van der Waals surface area contributed by atoms with Gasteiger partial charge in [-0.1, -0.05) is 32.0 Å². The van der Waals surface area contributed by atoms with Crippen molar-refractivity contribution in [1.82, 2.24) is 4.98 Å². The number of aromatic amines is 1. The highest BCUT2D eigenvalue weighted by Crippen LogP contribution is 2.48. The molecule has 1 aliphatic heterocycles. The third kappa shape index (κ3) is 2.33. The van der Waals surface area contributed by atoms with E-state index in [1.807, 2.05) is 44.3 Å². The number of rotatable bonds is 1. The lowest BCUT2D eigenvalue weighted by Crippen LogP contribution is -2.33. The number of carbonyl (C=O) groups excluding carboxylic acids is 1. The predicted molar refractivity (Wildman–Crippen MR) is 94.0 cm³/mol. The summed E-state index contributed by atoms with van der Waals surface area (Å²) in [6, 6.07) is 10.0. The maximum absolute atomic E-state index is 12.9. The molecular weight excluding hydrogens is 314 g/mol. The van der Waals surface area contributed by atoms with Crippen molar-refractivity contribution in [2.24, 2.45) is 11.1 Å². The Morgan fingerprint density at radius 1 is 1.32 bits per heavy atom. The van der Waals surface area contributed by atoms with E-state index in [-0.39, 0.29) is 17.1 Å². The average molecular weight is 333 g/mol. The summed E-state index contributed by atoms with van der Waals surface area (Å²) in [6.45, 7) is 4.08. The second-order valence-corrected chi connectivity index (χ2v) is 7.49. The SMILES string of the molecule is CC1(C)CC(=O)C2=C(C1)OC(N)=C(C#N)[C@H]2c1c[nH]c2ccccc12. The highest BCUT2D eigenvalue weighted by Gasteiger charge is 2.43. The molecule has 4 rings (SSSR count). The summed E-state index contributed by atoms with van der Waals surface area (Å²) < 4.78 is 5.72. The van der Waals surface area contributed by atoms with Gasteiger partial charge in [-0.3, -0.25) is 4.79 Å². The van der Waals surface area contributed by atoms with E-state index in [0.717, 1.165) is 16.5 Å². The Morgan fingerprint density at radius 3 is 2.84 bits per heavy atom. The highest BCUT2D eigenvalue weighted by atomic mass is 16.5. The zero-order valence-electron chi connectivity index (χ0n) is 14.2. The first-order valence-electron chi connectivity index (χ1n) is 8.31. The molecule has 25 heavy (non-hydrogen) atoms. The van der Waals surface area contributed by atoms with E-state index in [1.54, 1.807) is 0 Å². The van der Waals surface area contributed by atoms with Crippen molar-refractivity contribution in [2.75, 3.05) is 0 Å². The molecule has 5 nitrogen and oxygen atoms in total. The molecule has 1 aromatic carbocycles. The first kappa shape index (κ1) is 15.5. The number of nitrogens with one attached hydrogen (secondary N) is 1. The van der Waals surface area contributed by atoms with E-state index in [9.17, 15) is 10.1 Å². The largest absolute Gasteiger partial charge is 0.444 e. The minimum atomic E-state index is -0.478. The zero-order chi connectivity index (χ0) is 17.8. The van der Waals surface area contributed by atoms with Crippen LogP contribution in [0.15, 0.2) is 53.3 Å². The molecule has 1 aliphatic carbocycles. The van der Waals surface area contributed by atoms with Crippen LogP contribution in [0.5, 0.6) is 0 Å². The Kier molecular flexibility index (Phi) is 3.26. The molecular formula is C20H19N3O2. The number of nitriles is 1. The molecule has 3 N–H and O–H groups in total. The first-order chi connectivity index (χ1) is 11.9. The predicted octanol–water partition coefficient (Wildman–Crippen LogP) is 3.62. The third-order valence-corrected chi connectivity index (χ3v) is 5.01. The fourth-order valence-electron chi connectivity index (χ4n) is 3.93. The lowest BCUT2D eigenvalue weighted by molar-refractivity contribution is -0.119. The number of ketones is 1. The molecule has 1 aromatic heterocycles. The van der Waals surface area contributed by atoms with E-state index < -0.39 is 5.92 Å². The lowest BCUT2D eigenvalue weighted by atomic mass is 9.70. The molecule has 0 saturated carbocycles. The number of aromatic nitrogens is 1. The Bertz CT molecular complexity index is 1000. The monoisotopic (exact) mass is 333 g/mol. The molecule has 0 unspecified atom stereocenters. The van der Waals surface area contributed by atoms with Crippen molar-refractivity contribution >= 4 is 16.7 Å². The van der Waals surface area contributed by atoms with E-state index in [2.05, 4.69) is 11.1 Å². The van der Waals surface area contributed by atoms with Gasteiger partial charge in [0.25, 0.3) is 0 Å². The number of nitrogens with two attached hydrogens (primary N) is 1. The van der Waals surface area contributed by atoms with Crippen LogP contribution in [0, 0.1) is 16.7 Å². The Labute approximate surface area is 145 Å². The number of nitrogens with zero attached hydrogens (tertiary/aromatic N) is 1. The lowest BCUT2D eigenvalue weighted by Gasteiger charge is -2.37. The summed E-state index contributed by atoms with van der Waals surface area (Å²) in [6.07, 6.45) is 2.93. The number of carbonyl (C=O) groups is 1. The van der Waals surface area contributed by atoms with Crippen molar-refractivity contribution in [1.29, 1.82) is 5.26 Å². The third-order valence-electron chi connectivity index (χ3n) is 5.01. The average Bonchev–Trinajstić information content (AvgIpc) is 2.96. The van der Waals surface area contributed by atoms with E-state index in [0.29, 0.717) is 29.7 Å². The van der Waals surface area contributed by atoms with Gasteiger partial charge in [0.2, 0.25) is 5.88 Å². The van der Waals surface area contributed by atoms with E-state index in [1.165, 1.54) is 0 Å². The van der Waals surface area contributed by atoms with Gasteiger partial charge < -0.3 is 15.5 Å². The van der Waals surface area contributed by atoms with Crippen molar-refractivity contribution < 1.29 is 9.53 Å². The minimum absolute atomic E-state index is 0.0294. The van der Waals surface area contributed by atoms with Crippen LogP contribution in [0.3, 0.4) is 0 Å². The van der Waals surface area contributed by atoms with Crippen LogP contribution < -0.4 is 5.73 Å². The number of H-pyrrole nitrogens is 1. The summed E-state index contributed by atoms with van der Waals surface area (Å²) in [7, 11) is 0. The standard InChI is InChI=1S/C20H19N3O2/c1-20(2)7-15(24)18-16(8-20)25-19(22)12(9-21)17(18)13-10-23-14-6-4-3-5-11(13)14/h3-6,10,17,23H,7-8,22H2,1-2H3/t17-/m0/s1. The van der Waals surface area contributed by atoms with Crippen LogP contribution in [-0.2, 0) is 9.53 Å². The van der Waals surface area contributed by atoms with Gasteiger partial charge in [0, 0.05) is 35.5 Å². The van der Waals surface area contributed by atoms with Crippen molar-refractivity contribution in [3.63, 3.8) is 0 Å². The van der Waals surface area contributed by atoms with Crippen LogP contribution in [0.1, 0.15) is 38.2 Å². The summed E-state index contributed by atoms with van der Waals surface area (Å²) >= 11 is 0. The molecule has 0 saturated heterocycles. The van der Waals surface area contributed by atoms with Gasteiger partial charge in [-0.2, -0.15) is 5.26 Å². The number of para-hydroxylation sites is 1. The normalized spacial score (nSPS) is 22.6. The molecule has 0 spiro atoms. The molecule has 5 heteroatoms. The molecule has 0 fully saturated rings. The van der Waals surface area contributed by atoms with Crippen molar-refractivity contribution in [3.05, 3.63) is 58.8 Å². The zero-order valence-corrected chi connectivity index (χ0v) is 14.2. The second kappa shape index (κ2) is 5.25. The van der Waals surface area contributed by atoms with Gasteiger partial charge in [-0.15, -0.1) is 0 Å². The minimum Gasteiger partial charge on any atom is -0.444 e. The Hall–Kier alpha value is -3.00. The number of ether oxygens (including phenoxy) is 1. The molecule has 1 atom stereocenters. The molecule has 0 radical (unpaired) electrons. The summed E-state index contributed by atoms with van der Waals surface area (Å²) in [5.41, 5.74) is 8.61. The number of benzene rings is 1. The van der Waals surface area contributed by atoms with Gasteiger partial charge in [0.1, 0.15) is 17.4 Å². The van der Waals surface area contributed by atoms with Gasteiger partial charge in [0.15, 0.2) is 5.78 Å². The van der Waals surface area contributed by atoms with Gasteiger partial charge in [-0.25, -0.2) is 0 Å². The number of hydrogen-bond donors (Lipinski definition) is 2. The smallest absolute Gasteiger partial charge is 0.205 e. The second-order valence-electron chi connectivity index (χ2n) is 7.49. The maximum atomic E-state index is 12.9. The molecule has 126 valence electrons. The van der Waals surface area contributed by atoms with Gasteiger partial charge in [-0.05, 0) is 17.0 Å². The topological polar surface area (TPSA) is 91.9 Å². The van der Waals surface area contributed by atoms with Crippen LogP contribution in [0.2, 0.25) is 0 Å². The maximum Gasteiger partial charge on any atom is 0.205 e. The van der Waals surface area contributed by atoms with E-state index in [4.69, 9.17) is 10.5 Å². The number of Topliss-reactive ketones (excluding diaryl/α,β-unsaturated/α-hetero) is 1. The Balaban J connectivity index is 1.96. The summed E-state index contributed by atoms with van der Waals surface area (Å²) in [5.74, 6) is 0.255. The quantitative estimate of drug-likeness (QED) is 0.833. The van der Waals surface area contributed by atoms with Crippen molar-refractivity contribution in [3.8, 4) is 6.07 Å². The number of allylic oxidation sites excluding steroid dienone is 3.